The van der Waals surface area contributed by atoms with Gasteiger partial charge in [0, 0.05) is 48.9 Å². The van der Waals surface area contributed by atoms with E-state index in [1.54, 1.807) is 30.3 Å². The molecule has 0 saturated carbocycles. The number of methoxy groups -OCH3 is 1. The second-order valence-electron chi connectivity index (χ2n) is 7.64. The monoisotopic (exact) mass is 400 g/mol. The van der Waals surface area contributed by atoms with Gasteiger partial charge in [-0.3, -0.25) is 4.90 Å². The van der Waals surface area contributed by atoms with Crippen molar-refractivity contribution >= 4 is 29.0 Å². The van der Waals surface area contributed by atoms with Crippen LogP contribution in [0.15, 0.2) is 36.5 Å². The van der Waals surface area contributed by atoms with E-state index >= 15 is 0 Å². The zero-order valence-electron chi connectivity index (χ0n) is 15.6. The second-order valence-corrected chi connectivity index (χ2v) is 8.08. The van der Waals surface area contributed by atoms with E-state index in [0.717, 1.165) is 37.6 Å². The van der Waals surface area contributed by atoms with Crippen molar-refractivity contribution < 1.29 is 14.3 Å². The zero-order chi connectivity index (χ0) is 19.3. The highest BCUT2D eigenvalue weighted by Gasteiger charge is 2.54. The summed E-state index contributed by atoms with van der Waals surface area (Å²) in [6.45, 7) is 4.39. The van der Waals surface area contributed by atoms with E-state index in [2.05, 4.69) is 9.88 Å². The summed E-state index contributed by atoms with van der Waals surface area (Å²) in [5.41, 5.74) is 1.97. The van der Waals surface area contributed by atoms with Crippen LogP contribution in [0.3, 0.4) is 0 Å². The van der Waals surface area contributed by atoms with E-state index in [9.17, 15) is 4.79 Å². The molecule has 2 fully saturated rings. The minimum atomic E-state index is 0.0369. The van der Waals surface area contributed by atoms with Crippen LogP contribution in [0, 0.1) is 5.41 Å². The molecule has 1 aromatic carbocycles. The number of pyridine rings is 1. The number of aromatic nitrogens is 1. The average Bonchev–Trinajstić information content (AvgIpc) is 2.65. The summed E-state index contributed by atoms with van der Waals surface area (Å²) >= 11 is 6.04. The van der Waals surface area contributed by atoms with Gasteiger partial charge in [0.25, 0.3) is 0 Å². The number of halogens is 1. The number of likely N-dealkylation sites (tertiary alicyclic amines) is 1. The van der Waals surface area contributed by atoms with E-state index in [4.69, 9.17) is 21.1 Å². The number of hydrogen-bond acceptors (Lipinski definition) is 5. The molecule has 2 aromatic rings. The number of urea groups is 1. The Morgan fingerprint density at radius 3 is 2.82 bits per heavy atom. The van der Waals surface area contributed by atoms with Gasteiger partial charge in [0.1, 0.15) is 12.4 Å². The number of carbonyl (C=O) groups excluding carboxylic acids is 1. The molecule has 2 saturated heterocycles. The largest absolute Gasteiger partial charge is 0.489 e. The Balaban J connectivity index is 1.23. The Morgan fingerprint density at radius 1 is 1.21 bits per heavy atom. The molecule has 0 N–H and O–H groups in total. The van der Waals surface area contributed by atoms with Gasteiger partial charge in [0.05, 0.1) is 25.0 Å². The summed E-state index contributed by atoms with van der Waals surface area (Å²) in [5, 5.41) is 0.608. The third-order valence-electron chi connectivity index (χ3n) is 5.68. The summed E-state index contributed by atoms with van der Waals surface area (Å²) < 4.78 is 11.0. The second kappa shape index (κ2) is 6.44. The zero-order valence-corrected chi connectivity index (χ0v) is 16.4. The Labute approximate surface area is 168 Å². The highest BCUT2D eigenvalue weighted by molar-refractivity contribution is 6.30. The lowest BCUT2D eigenvalue weighted by Crippen LogP contribution is -2.74. The van der Waals surface area contributed by atoms with Crippen LogP contribution < -0.4 is 19.3 Å². The highest BCUT2D eigenvalue weighted by Crippen LogP contribution is 2.45. The maximum absolute atomic E-state index is 13.0. The molecule has 0 radical (unpaired) electrons. The van der Waals surface area contributed by atoms with E-state index in [1.165, 1.54) is 0 Å². The normalized spacial score (nSPS) is 19.4. The highest BCUT2D eigenvalue weighted by atomic mass is 35.5. The molecule has 0 atom stereocenters. The van der Waals surface area contributed by atoms with Crippen molar-refractivity contribution in [3.8, 4) is 11.6 Å². The molecule has 146 valence electrons. The van der Waals surface area contributed by atoms with E-state index in [0.29, 0.717) is 29.8 Å². The Bertz CT molecular complexity index is 923. The van der Waals surface area contributed by atoms with Gasteiger partial charge in [-0.15, -0.1) is 0 Å². The molecule has 2 amide bonds. The van der Waals surface area contributed by atoms with Crippen molar-refractivity contribution in [2.75, 3.05) is 56.2 Å². The lowest BCUT2D eigenvalue weighted by Gasteiger charge is -2.61. The van der Waals surface area contributed by atoms with Crippen LogP contribution in [0.2, 0.25) is 5.02 Å². The third kappa shape index (κ3) is 2.73. The number of benzene rings is 1. The molecule has 0 unspecified atom stereocenters. The maximum atomic E-state index is 13.0. The molecule has 5 rings (SSSR count). The third-order valence-corrected chi connectivity index (χ3v) is 5.91. The Hall–Kier alpha value is -2.67. The first-order valence-corrected chi connectivity index (χ1v) is 9.69. The molecule has 3 aliphatic heterocycles. The van der Waals surface area contributed by atoms with Crippen LogP contribution in [-0.4, -0.2) is 62.4 Å². The van der Waals surface area contributed by atoms with Gasteiger partial charge in [0.2, 0.25) is 5.88 Å². The molecular weight excluding hydrogens is 380 g/mol. The van der Waals surface area contributed by atoms with Crippen molar-refractivity contribution in [2.24, 2.45) is 5.41 Å². The molecule has 8 heteroatoms. The lowest BCUT2D eigenvalue weighted by atomic mass is 9.72. The van der Waals surface area contributed by atoms with Gasteiger partial charge in [0.15, 0.2) is 0 Å². The number of hydrogen-bond donors (Lipinski definition) is 0. The number of amides is 2. The van der Waals surface area contributed by atoms with Crippen LogP contribution in [0.25, 0.3) is 0 Å². The topological polar surface area (TPSA) is 58.1 Å². The minimum absolute atomic E-state index is 0.0369. The van der Waals surface area contributed by atoms with Gasteiger partial charge < -0.3 is 19.3 Å². The predicted molar refractivity (Wildman–Crippen MR) is 107 cm³/mol. The number of ether oxygens (including phenoxy) is 2. The first kappa shape index (κ1) is 17.4. The van der Waals surface area contributed by atoms with Gasteiger partial charge in [-0.25, -0.2) is 9.78 Å². The van der Waals surface area contributed by atoms with Crippen molar-refractivity contribution in [1.29, 1.82) is 0 Å². The number of fused-ring (bicyclic) bond motifs is 1. The summed E-state index contributed by atoms with van der Waals surface area (Å²) in [6.07, 6.45) is 1.73. The van der Waals surface area contributed by atoms with Crippen molar-refractivity contribution in [3.05, 3.63) is 41.6 Å². The van der Waals surface area contributed by atoms with Crippen LogP contribution >= 0.6 is 11.6 Å². The van der Waals surface area contributed by atoms with Crippen LogP contribution in [-0.2, 0) is 0 Å². The number of rotatable bonds is 2. The Kier molecular flexibility index (Phi) is 4.01. The van der Waals surface area contributed by atoms with Crippen molar-refractivity contribution in [1.82, 2.24) is 9.88 Å². The van der Waals surface area contributed by atoms with Gasteiger partial charge in [-0.05, 0) is 24.3 Å². The molecule has 0 bridgehead atoms. The standard InChI is InChI=1S/C20H21ClN4O3/c1-27-18-16(3-2-6-22-18)23-10-20(11-23)12-24(13-20)19(26)25-7-8-28-17-9-14(21)4-5-15(17)25/h2-6,9H,7-8,10-13H2,1H3. The molecule has 0 aliphatic carbocycles. The van der Waals surface area contributed by atoms with Crippen molar-refractivity contribution in [2.45, 2.75) is 0 Å². The summed E-state index contributed by atoms with van der Waals surface area (Å²) in [6, 6.07) is 9.38. The lowest BCUT2D eigenvalue weighted by molar-refractivity contribution is 0.00943. The number of anilines is 2. The van der Waals surface area contributed by atoms with Gasteiger partial charge in [-0.1, -0.05) is 11.6 Å². The first-order valence-electron chi connectivity index (χ1n) is 9.31. The quantitative estimate of drug-likeness (QED) is 0.775. The SMILES string of the molecule is COc1ncccc1N1CC2(CN(C(=O)N3CCOc4cc(Cl)ccc43)C2)C1. The van der Waals surface area contributed by atoms with E-state index < -0.39 is 0 Å². The van der Waals surface area contributed by atoms with Crippen molar-refractivity contribution in [3.63, 3.8) is 0 Å². The first-order chi connectivity index (χ1) is 13.6. The maximum Gasteiger partial charge on any atom is 0.324 e. The summed E-state index contributed by atoms with van der Waals surface area (Å²) in [4.78, 5) is 23.3. The molecule has 7 nitrogen and oxygen atoms in total. The molecule has 1 spiro atoms. The molecule has 4 heterocycles. The smallest absolute Gasteiger partial charge is 0.324 e. The molecular formula is C20H21ClN4O3. The minimum Gasteiger partial charge on any atom is -0.489 e. The van der Waals surface area contributed by atoms with E-state index in [-0.39, 0.29) is 11.4 Å². The molecule has 1 aromatic heterocycles. The fourth-order valence-electron chi connectivity index (χ4n) is 4.38. The van der Waals surface area contributed by atoms with Crippen LogP contribution in [0.4, 0.5) is 16.2 Å². The fraction of sp³-hybridized carbons (Fsp3) is 0.400. The molecule has 28 heavy (non-hydrogen) atoms. The van der Waals surface area contributed by atoms with Crippen LogP contribution in [0.5, 0.6) is 11.6 Å². The number of carbonyl (C=O) groups is 1. The van der Waals surface area contributed by atoms with Gasteiger partial charge >= 0.3 is 6.03 Å². The summed E-state index contributed by atoms with van der Waals surface area (Å²) in [7, 11) is 1.64. The molecule has 3 aliphatic rings. The predicted octanol–water partition coefficient (Wildman–Crippen LogP) is 2.88. The fourth-order valence-corrected chi connectivity index (χ4v) is 4.54. The Morgan fingerprint density at radius 2 is 2.04 bits per heavy atom. The van der Waals surface area contributed by atoms with E-state index in [1.807, 2.05) is 23.1 Å². The number of nitrogens with zero attached hydrogens (tertiary/aromatic N) is 4. The van der Waals surface area contributed by atoms with Crippen LogP contribution in [0.1, 0.15) is 0 Å². The average molecular weight is 401 g/mol. The van der Waals surface area contributed by atoms with Gasteiger partial charge in [-0.2, -0.15) is 0 Å². The summed E-state index contributed by atoms with van der Waals surface area (Å²) in [5.74, 6) is 1.31.